The second-order valence-electron chi connectivity index (χ2n) is 8.87. The topological polar surface area (TPSA) is 40.7 Å². The summed E-state index contributed by atoms with van der Waals surface area (Å²) >= 11 is 6.11. The van der Waals surface area contributed by atoms with Crippen molar-refractivity contribution in [3.05, 3.63) is 136 Å². The molecule has 2 heterocycles. The standard InChI is InChI=1S/C29H22ClF4N3/c30-24-9-10-26(36-18-24)28(16-19-5-2-1-3-6-19,22-13-23(29(32,33)34)15-25(31)14-22)37-17-21-8-4-7-20-11-12-35-27(20)21/h1-15,18,35,37H,16-17H2/t28-/m0/s1. The fourth-order valence-electron chi connectivity index (χ4n) is 4.67. The van der Waals surface area contributed by atoms with Crippen molar-refractivity contribution in [2.24, 2.45) is 0 Å². The van der Waals surface area contributed by atoms with E-state index < -0.39 is 23.1 Å². The average Bonchev–Trinajstić information content (AvgIpc) is 3.36. The summed E-state index contributed by atoms with van der Waals surface area (Å²) in [6, 6.07) is 23.0. The third kappa shape index (κ3) is 5.24. The smallest absolute Gasteiger partial charge is 0.361 e. The number of nitrogens with one attached hydrogen (secondary N) is 2. The molecule has 0 saturated carbocycles. The molecule has 0 radical (unpaired) electrons. The van der Waals surface area contributed by atoms with Gasteiger partial charge in [-0.1, -0.05) is 60.1 Å². The lowest BCUT2D eigenvalue weighted by molar-refractivity contribution is -0.137. The number of rotatable bonds is 7. The number of hydrogen-bond acceptors (Lipinski definition) is 2. The molecule has 188 valence electrons. The van der Waals surface area contributed by atoms with Crippen LogP contribution in [0.1, 0.15) is 27.9 Å². The summed E-state index contributed by atoms with van der Waals surface area (Å²) in [7, 11) is 0. The minimum atomic E-state index is -4.72. The lowest BCUT2D eigenvalue weighted by atomic mass is 9.79. The van der Waals surface area contributed by atoms with Crippen molar-refractivity contribution in [2.75, 3.05) is 0 Å². The highest BCUT2D eigenvalue weighted by atomic mass is 35.5. The highest BCUT2D eigenvalue weighted by molar-refractivity contribution is 6.30. The van der Waals surface area contributed by atoms with Gasteiger partial charge in [0.25, 0.3) is 0 Å². The van der Waals surface area contributed by atoms with E-state index in [4.69, 9.17) is 11.6 Å². The molecule has 2 N–H and O–H groups in total. The van der Waals surface area contributed by atoms with Gasteiger partial charge in [0.1, 0.15) is 5.82 Å². The molecule has 0 bridgehead atoms. The summed E-state index contributed by atoms with van der Waals surface area (Å²) in [5, 5.41) is 4.86. The van der Waals surface area contributed by atoms with Gasteiger partial charge in [0.05, 0.1) is 21.8 Å². The van der Waals surface area contributed by atoms with Crippen LogP contribution in [-0.2, 0) is 24.7 Å². The molecule has 0 aliphatic heterocycles. The zero-order valence-electron chi connectivity index (χ0n) is 19.5. The second kappa shape index (κ2) is 10.00. The first-order valence-corrected chi connectivity index (χ1v) is 12.0. The van der Waals surface area contributed by atoms with E-state index in [-0.39, 0.29) is 18.5 Å². The van der Waals surface area contributed by atoms with Crippen LogP contribution in [0.5, 0.6) is 0 Å². The molecule has 37 heavy (non-hydrogen) atoms. The van der Waals surface area contributed by atoms with E-state index in [0.29, 0.717) is 16.8 Å². The van der Waals surface area contributed by atoms with Gasteiger partial charge in [0.15, 0.2) is 0 Å². The van der Waals surface area contributed by atoms with Crippen LogP contribution in [0.25, 0.3) is 10.9 Å². The average molecular weight is 524 g/mol. The van der Waals surface area contributed by atoms with E-state index in [1.165, 1.54) is 6.20 Å². The van der Waals surface area contributed by atoms with Gasteiger partial charge in [-0.15, -0.1) is 0 Å². The number of hydrogen-bond donors (Lipinski definition) is 2. The van der Waals surface area contributed by atoms with E-state index in [9.17, 15) is 17.6 Å². The number of alkyl halides is 3. The molecule has 0 aliphatic rings. The Balaban J connectivity index is 1.71. The predicted octanol–water partition coefficient (Wildman–Crippen LogP) is 7.65. The third-order valence-corrected chi connectivity index (χ3v) is 6.67. The molecule has 0 amide bonds. The number of pyridine rings is 1. The number of halogens is 5. The monoisotopic (exact) mass is 523 g/mol. The molecule has 0 unspecified atom stereocenters. The first-order chi connectivity index (χ1) is 17.7. The van der Waals surface area contributed by atoms with Crippen molar-refractivity contribution >= 4 is 22.5 Å². The molecule has 0 saturated heterocycles. The number of para-hydroxylation sites is 1. The van der Waals surface area contributed by atoms with Gasteiger partial charge in [-0.25, -0.2) is 4.39 Å². The Kier molecular flexibility index (Phi) is 6.75. The zero-order valence-corrected chi connectivity index (χ0v) is 20.2. The van der Waals surface area contributed by atoms with Gasteiger partial charge in [0, 0.05) is 30.9 Å². The van der Waals surface area contributed by atoms with Crippen molar-refractivity contribution in [3.63, 3.8) is 0 Å². The zero-order chi connectivity index (χ0) is 26.0. The summed E-state index contributed by atoms with van der Waals surface area (Å²) in [5.74, 6) is -0.982. The molecule has 3 aromatic carbocycles. The van der Waals surface area contributed by atoms with Crippen LogP contribution >= 0.6 is 11.6 Å². The van der Waals surface area contributed by atoms with Crippen LogP contribution in [0, 0.1) is 5.82 Å². The van der Waals surface area contributed by atoms with Gasteiger partial charge in [-0.2, -0.15) is 13.2 Å². The van der Waals surface area contributed by atoms with Crippen LogP contribution in [0.2, 0.25) is 5.02 Å². The van der Waals surface area contributed by atoms with Crippen LogP contribution in [0.3, 0.4) is 0 Å². The van der Waals surface area contributed by atoms with E-state index in [1.54, 1.807) is 12.1 Å². The van der Waals surface area contributed by atoms with Crippen LogP contribution < -0.4 is 5.32 Å². The number of fused-ring (bicyclic) bond motifs is 1. The second-order valence-corrected chi connectivity index (χ2v) is 9.30. The fraction of sp³-hybridized carbons (Fsp3) is 0.138. The summed E-state index contributed by atoms with van der Waals surface area (Å²) in [6.45, 7) is 0.271. The van der Waals surface area contributed by atoms with Gasteiger partial charge in [0.2, 0.25) is 0 Å². The molecule has 1 atom stereocenters. The van der Waals surface area contributed by atoms with Crippen molar-refractivity contribution in [2.45, 2.75) is 24.7 Å². The lowest BCUT2D eigenvalue weighted by Crippen LogP contribution is -2.46. The maximum absolute atomic E-state index is 14.8. The van der Waals surface area contributed by atoms with Crippen molar-refractivity contribution in [1.82, 2.24) is 15.3 Å². The van der Waals surface area contributed by atoms with E-state index in [1.807, 2.05) is 60.8 Å². The van der Waals surface area contributed by atoms with E-state index in [2.05, 4.69) is 15.3 Å². The Hall–Kier alpha value is -3.68. The minimum absolute atomic E-state index is 0.108. The maximum atomic E-state index is 14.8. The molecular weight excluding hydrogens is 502 g/mol. The molecule has 2 aromatic heterocycles. The Labute approximate surface area is 216 Å². The van der Waals surface area contributed by atoms with E-state index in [0.717, 1.165) is 34.2 Å². The van der Waals surface area contributed by atoms with Crippen molar-refractivity contribution in [3.8, 4) is 0 Å². The SMILES string of the molecule is Fc1cc(C(F)(F)F)cc([C@](Cc2ccccc2)(NCc2cccc3cc[nH]c23)c2ccc(Cl)cn2)c1. The Morgan fingerprint density at radius 3 is 2.38 bits per heavy atom. The molecule has 0 fully saturated rings. The van der Waals surface area contributed by atoms with Crippen LogP contribution in [0.15, 0.2) is 97.3 Å². The first-order valence-electron chi connectivity index (χ1n) is 11.6. The quantitative estimate of drug-likeness (QED) is 0.215. The van der Waals surface area contributed by atoms with Crippen molar-refractivity contribution in [1.29, 1.82) is 0 Å². The summed E-state index contributed by atoms with van der Waals surface area (Å²) in [5.41, 5.74) is 0.785. The van der Waals surface area contributed by atoms with E-state index >= 15 is 0 Å². The molecule has 0 spiro atoms. The molecule has 3 nitrogen and oxygen atoms in total. The van der Waals surface area contributed by atoms with Gasteiger partial charge in [-0.05, 0) is 58.5 Å². The fourth-order valence-corrected chi connectivity index (χ4v) is 4.78. The largest absolute Gasteiger partial charge is 0.416 e. The van der Waals surface area contributed by atoms with Gasteiger partial charge >= 0.3 is 6.18 Å². The number of aromatic amines is 1. The normalized spacial score (nSPS) is 13.5. The molecule has 0 aliphatic carbocycles. The van der Waals surface area contributed by atoms with Crippen molar-refractivity contribution < 1.29 is 17.6 Å². The first kappa shape index (κ1) is 25.0. The number of H-pyrrole nitrogens is 1. The van der Waals surface area contributed by atoms with Gasteiger partial charge in [-0.3, -0.25) is 10.3 Å². The third-order valence-electron chi connectivity index (χ3n) is 6.45. The predicted molar refractivity (Wildman–Crippen MR) is 137 cm³/mol. The molecular formula is C29H22ClF4N3. The highest BCUT2D eigenvalue weighted by Gasteiger charge is 2.39. The summed E-state index contributed by atoms with van der Waals surface area (Å²) in [4.78, 5) is 7.72. The van der Waals surface area contributed by atoms with Crippen LogP contribution in [0.4, 0.5) is 17.6 Å². The maximum Gasteiger partial charge on any atom is 0.416 e. The molecule has 5 aromatic rings. The number of nitrogens with zero attached hydrogens (tertiary/aromatic N) is 1. The summed E-state index contributed by atoms with van der Waals surface area (Å²) in [6.07, 6.45) is -1.25. The molecule has 5 rings (SSSR count). The summed E-state index contributed by atoms with van der Waals surface area (Å²) < 4.78 is 56.1. The van der Waals surface area contributed by atoms with Crippen LogP contribution in [-0.4, -0.2) is 9.97 Å². The number of aromatic nitrogens is 2. The Bertz CT molecular complexity index is 1510. The Morgan fingerprint density at radius 1 is 0.865 bits per heavy atom. The number of benzene rings is 3. The minimum Gasteiger partial charge on any atom is -0.361 e. The molecule has 8 heteroatoms. The highest BCUT2D eigenvalue weighted by Crippen LogP contribution is 2.38. The Morgan fingerprint density at radius 2 is 1.65 bits per heavy atom. The van der Waals surface area contributed by atoms with Gasteiger partial charge < -0.3 is 4.98 Å². The lowest BCUT2D eigenvalue weighted by Gasteiger charge is -2.36.